The predicted octanol–water partition coefficient (Wildman–Crippen LogP) is 3.38. The number of hydrogen-bond donors (Lipinski definition) is 1. The van der Waals surface area contributed by atoms with Crippen LogP contribution in [0.5, 0.6) is 5.75 Å². The Hall–Kier alpha value is -2.31. The second-order valence-electron chi connectivity index (χ2n) is 6.24. The van der Waals surface area contributed by atoms with E-state index in [9.17, 15) is 9.90 Å². The van der Waals surface area contributed by atoms with E-state index in [1.807, 2.05) is 37.3 Å². The van der Waals surface area contributed by atoms with Crippen molar-refractivity contribution in [3.05, 3.63) is 65.7 Å². The van der Waals surface area contributed by atoms with Crippen LogP contribution >= 0.6 is 11.8 Å². The standard InChI is InChI=1S/C20H22N2O3S/c1-15-12-20(24,17-8-10-18(25-2)11-9-17)22(21-15)19(23)14-26-13-16-6-4-3-5-7-16/h3-11,24H,12-14H2,1-2H3/t20-/m0/s1. The molecule has 136 valence electrons. The van der Waals surface area contributed by atoms with Crippen LogP contribution in [0.3, 0.4) is 0 Å². The van der Waals surface area contributed by atoms with Crippen LogP contribution < -0.4 is 4.74 Å². The maximum Gasteiger partial charge on any atom is 0.255 e. The van der Waals surface area contributed by atoms with Gasteiger partial charge in [0.2, 0.25) is 0 Å². The second-order valence-corrected chi connectivity index (χ2v) is 7.23. The van der Waals surface area contributed by atoms with Gasteiger partial charge in [0.05, 0.1) is 12.9 Å². The van der Waals surface area contributed by atoms with Gasteiger partial charge >= 0.3 is 0 Å². The van der Waals surface area contributed by atoms with Crippen LogP contribution in [0.1, 0.15) is 24.5 Å². The van der Waals surface area contributed by atoms with Crippen molar-refractivity contribution in [2.45, 2.75) is 24.8 Å². The molecule has 1 N–H and O–H groups in total. The number of benzene rings is 2. The lowest BCUT2D eigenvalue weighted by Crippen LogP contribution is -2.44. The van der Waals surface area contributed by atoms with Crippen molar-refractivity contribution in [1.29, 1.82) is 0 Å². The smallest absolute Gasteiger partial charge is 0.255 e. The Morgan fingerprint density at radius 3 is 2.58 bits per heavy atom. The highest BCUT2D eigenvalue weighted by molar-refractivity contribution is 7.99. The van der Waals surface area contributed by atoms with Crippen molar-refractivity contribution >= 4 is 23.4 Å². The molecule has 1 atom stereocenters. The Labute approximate surface area is 157 Å². The zero-order valence-corrected chi connectivity index (χ0v) is 15.7. The van der Waals surface area contributed by atoms with Crippen LogP contribution in [0.4, 0.5) is 0 Å². The van der Waals surface area contributed by atoms with Gasteiger partial charge in [-0.05, 0) is 24.6 Å². The normalized spacial score (nSPS) is 19.3. The van der Waals surface area contributed by atoms with Crippen molar-refractivity contribution in [2.24, 2.45) is 5.10 Å². The molecule has 0 bridgehead atoms. The van der Waals surface area contributed by atoms with Crippen molar-refractivity contribution < 1.29 is 14.6 Å². The van der Waals surface area contributed by atoms with Crippen molar-refractivity contribution in [3.63, 3.8) is 0 Å². The predicted molar refractivity (Wildman–Crippen MR) is 104 cm³/mol. The van der Waals surface area contributed by atoms with Crippen LogP contribution in [-0.2, 0) is 16.3 Å². The number of ether oxygens (including phenoxy) is 1. The van der Waals surface area contributed by atoms with E-state index < -0.39 is 5.72 Å². The average Bonchev–Trinajstić information content (AvgIpc) is 2.98. The monoisotopic (exact) mass is 370 g/mol. The Morgan fingerprint density at radius 2 is 1.92 bits per heavy atom. The van der Waals surface area contributed by atoms with E-state index >= 15 is 0 Å². The minimum atomic E-state index is -1.44. The van der Waals surface area contributed by atoms with Gasteiger partial charge in [-0.2, -0.15) is 10.1 Å². The average molecular weight is 370 g/mol. The molecule has 0 aliphatic carbocycles. The lowest BCUT2D eigenvalue weighted by Gasteiger charge is -2.31. The van der Waals surface area contributed by atoms with Crippen molar-refractivity contribution in [2.75, 3.05) is 12.9 Å². The zero-order chi connectivity index (χ0) is 18.6. The third-order valence-electron chi connectivity index (χ3n) is 4.25. The fraction of sp³-hybridized carbons (Fsp3) is 0.300. The van der Waals surface area contributed by atoms with Gasteiger partial charge in [-0.25, -0.2) is 0 Å². The highest BCUT2D eigenvalue weighted by atomic mass is 32.2. The summed E-state index contributed by atoms with van der Waals surface area (Å²) in [6.07, 6.45) is 0.300. The van der Waals surface area contributed by atoms with Crippen molar-refractivity contribution in [3.8, 4) is 5.75 Å². The summed E-state index contributed by atoms with van der Waals surface area (Å²) >= 11 is 1.51. The number of thioether (sulfide) groups is 1. The Morgan fingerprint density at radius 1 is 1.23 bits per heavy atom. The van der Waals surface area contributed by atoms with Gasteiger partial charge in [-0.15, -0.1) is 11.8 Å². The molecule has 0 unspecified atom stereocenters. The van der Waals surface area contributed by atoms with E-state index in [1.54, 1.807) is 31.4 Å². The molecule has 1 heterocycles. The molecule has 0 fully saturated rings. The molecule has 26 heavy (non-hydrogen) atoms. The Bertz CT molecular complexity index is 792. The lowest BCUT2D eigenvalue weighted by molar-refractivity contribution is -0.154. The second kappa shape index (κ2) is 7.93. The van der Waals surface area contributed by atoms with Gasteiger partial charge in [-0.1, -0.05) is 42.5 Å². The first kappa shape index (κ1) is 18.5. The summed E-state index contributed by atoms with van der Waals surface area (Å²) in [6, 6.07) is 17.1. The fourth-order valence-electron chi connectivity index (χ4n) is 2.96. The number of methoxy groups -OCH3 is 1. The number of hydrazone groups is 1. The maximum atomic E-state index is 12.7. The largest absolute Gasteiger partial charge is 0.497 e. The van der Waals surface area contributed by atoms with Crippen LogP contribution in [-0.4, -0.2) is 34.6 Å². The first-order valence-corrected chi connectivity index (χ1v) is 9.54. The molecule has 0 saturated heterocycles. The molecule has 5 nitrogen and oxygen atoms in total. The van der Waals surface area contributed by atoms with Gasteiger partial charge in [0.25, 0.3) is 5.91 Å². The molecule has 0 aromatic heterocycles. The first-order valence-electron chi connectivity index (χ1n) is 8.38. The zero-order valence-electron chi connectivity index (χ0n) is 14.9. The number of rotatable bonds is 6. The number of amides is 1. The third kappa shape index (κ3) is 3.92. The molecule has 0 radical (unpaired) electrons. The summed E-state index contributed by atoms with van der Waals surface area (Å²) in [6.45, 7) is 1.82. The topological polar surface area (TPSA) is 62.1 Å². The fourth-order valence-corrected chi connectivity index (χ4v) is 3.78. The minimum absolute atomic E-state index is 0.207. The molecule has 6 heteroatoms. The maximum absolute atomic E-state index is 12.7. The third-order valence-corrected chi connectivity index (χ3v) is 5.24. The van der Waals surface area contributed by atoms with Crippen molar-refractivity contribution in [1.82, 2.24) is 5.01 Å². The summed E-state index contributed by atoms with van der Waals surface area (Å²) < 4.78 is 5.16. The van der Waals surface area contributed by atoms with Crippen LogP contribution in [0.25, 0.3) is 0 Å². The number of hydrogen-bond acceptors (Lipinski definition) is 5. The van der Waals surface area contributed by atoms with Crippen LogP contribution in [0.15, 0.2) is 59.7 Å². The summed E-state index contributed by atoms with van der Waals surface area (Å²) in [5, 5.41) is 16.7. The summed E-state index contributed by atoms with van der Waals surface area (Å²) in [4.78, 5) is 12.7. The van der Waals surface area contributed by atoms with E-state index in [2.05, 4.69) is 5.10 Å². The lowest BCUT2D eigenvalue weighted by atomic mass is 9.97. The minimum Gasteiger partial charge on any atom is -0.497 e. The summed E-state index contributed by atoms with van der Waals surface area (Å²) in [5.41, 5.74) is 1.07. The van der Waals surface area contributed by atoms with Gasteiger partial charge in [0, 0.05) is 23.4 Å². The Balaban J connectivity index is 1.70. The SMILES string of the molecule is COc1ccc([C@@]2(O)CC(C)=NN2C(=O)CSCc2ccccc2)cc1. The quantitative estimate of drug-likeness (QED) is 0.847. The van der Waals surface area contributed by atoms with E-state index in [4.69, 9.17) is 4.74 Å². The molecular formula is C20H22N2O3S. The van der Waals surface area contributed by atoms with E-state index in [1.165, 1.54) is 16.8 Å². The van der Waals surface area contributed by atoms with Gasteiger partial charge in [0.1, 0.15) is 5.75 Å². The molecule has 0 spiro atoms. The van der Waals surface area contributed by atoms with Crippen LogP contribution in [0, 0.1) is 0 Å². The number of aliphatic hydroxyl groups is 1. The Kier molecular flexibility index (Phi) is 5.64. The molecule has 0 saturated carbocycles. The summed E-state index contributed by atoms with van der Waals surface area (Å²) in [7, 11) is 1.59. The number of carbonyl (C=O) groups excluding carboxylic acids is 1. The highest BCUT2D eigenvalue weighted by Gasteiger charge is 2.44. The van der Waals surface area contributed by atoms with Gasteiger partial charge < -0.3 is 9.84 Å². The van der Waals surface area contributed by atoms with Crippen LogP contribution in [0.2, 0.25) is 0 Å². The molecule has 2 aromatic rings. The van der Waals surface area contributed by atoms with Gasteiger partial charge in [-0.3, -0.25) is 4.79 Å². The van der Waals surface area contributed by atoms with Gasteiger partial charge in [0.15, 0.2) is 5.72 Å². The molecular weight excluding hydrogens is 348 g/mol. The van der Waals surface area contributed by atoms with E-state index in [-0.39, 0.29) is 11.7 Å². The molecule has 1 amide bonds. The molecule has 1 aliphatic rings. The van der Waals surface area contributed by atoms with E-state index in [0.717, 1.165) is 17.0 Å². The molecule has 2 aromatic carbocycles. The number of nitrogens with zero attached hydrogens (tertiary/aromatic N) is 2. The number of carbonyl (C=O) groups is 1. The molecule has 3 rings (SSSR count). The summed E-state index contributed by atoms with van der Waals surface area (Å²) in [5.74, 6) is 1.49. The first-order chi connectivity index (χ1) is 12.5. The molecule has 1 aliphatic heterocycles. The van der Waals surface area contributed by atoms with E-state index in [0.29, 0.717) is 17.7 Å². The highest BCUT2D eigenvalue weighted by Crippen LogP contribution is 2.36.